The minimum absolute atomic E-state index is 0.312. The molecule has 84 valence electrons. The number of hydrogen-bond acceptors (Lipinski definition) is 3. The van der Waals surface area contributed by atoms with Gasteiger partial charge in [-0.3, -0.25) is 4.90 Å². The number of likely N-dealkylation sites (tertiary alicyclic amines) is 1. The van der Waals surface area contributed by atoms with Gasteiger partial charge in [0.2, 0.25) is 0 Å². The molecule has 0 aliphatic carbocycles. The first-order valence-electron chi connectivity index (χ1n) is 5.66. The Labute approximate surface area is 91.1 Å². The van der Waals surface area contributed by atoms with Gasteiger partial charge in [0, 0.05) is 19.8 Å². The van der Waals surface area contributed by atoms with Crippen LogP contribution in [0.15, 0.2) is 6.20 Å². The summed E-state index contributed by atoms with van der Waals surface area (Å²) < 4.78 is 2.06. The summed E-state index contributed by atoms with van der Waals surface area (Å²) in [6.45, 7) is 5.02. The zero-order chi connectivity index (χ0) is 10.8. The van der Waals surface area contributed by atoms with Crippen LogP contribution in [0.4, 0.5) is 0 Å². The summed E-state index contributed by atoms with van der Waals surface area (Å²) in [7, 11) is 2.03. The van der Waals surface area contributed by atoms with Crippen molar-refractivity contribution < 1.29 is 0 Å². The minimum atomic E-state index is 0.312. The number of hydrogen-bond donors (Lipinski definition) is 1. The van der Waals surface area contributed by atoms with Crippen molar-refractivity contribution in [1.29, 1.82) is 0 Å². The van der Waals surface area contributed by atoms with Gasteiger partial charge in [0.25, 0.3) is 0 Å². The molecule has 0 amide bonds. The molecule has 1 fully saturated rings. The predicted octanol–water partition coefficient (Wildman–Crippen LogP) is 0.824. The Morgan fingerprint density at radius 1 is 1.47 bits per heavy atom. The molecular weight excluding hydrogens is 188 g/mol. The average Bonchev–Trinajstić information content (AvgIpc) is 2.80. The van der Waals surface area contributed by atoms with Crippen molar-refractivity contribution in [2.75, 3.05) is 19.6 Å². The lowest BCUT2D eigenvalue weighted by atomic mass is 10.2. The smallest absolute Gasteiger partial charge is 0.105 e. The first kappa shape index (κ1) is 10.6. The van der Waals surface area contributed by atoms with E-state index < -0.39 is 0 Å². The van der Waals surface area contributed by atoms with E-state index in [1.165, 1.54) is 12.8 Å². The first-order chi connectivity index (χ1) is 7.22. The Bertz CT molecular complexity index is 306. The maximum atomic E-state index is 5.85. The van der Waals surface area contributed by atoms with E-state index in [4.69, 9.17) is 5.73 Å². The molecular formula is C11H20N4. The van der Waals surface area contributed by atoms with Gasteiger partial charge in [-0.2, -0.15) is 0 Å². The highest BCUT2D eigenvalue weighted by molar-refractivity contribution is 5.09. The van der Waals surface area contributed by atoms with Crippen LogP contribution in [-0.4, -0.2) is 34.1 Å². The standard InChI is InChI=1S/C11H20N4/c1-9-13-10(8-14(9)2)11(7-12)15-5-3-4-6-15/h8,11H,3-7,12H2,1-2H3. The van der Waals surface area contributed by atoms with Gasteiger partial charge < -0.3 is 10.3 Å². The normalized spacial score (nSPS) is 19.7. The molecule has 2 N–H and O–H groups in total. The molecule has 0 aromatic carbocycles. The minimum Gasteiger partial charge on any atom is -0.338 e. The number of imidazole rings is 1. The SMILES string of the molecule is Cc1nc(C(CN)N2CCCC2)cn1C. The van der Waals surface area contributed by atoms with Crippen molar-refractivity contribution in [2.24, 2.45) is 12.8 Å². The van der Waals surface area contributed by atoms with Gasteiger partial charge in [-0.25, -0.2) is 4.98 Å². The van der Waals surface area contributed by atoms with Crippen molar-refractivity contribution in [3.63, 3.8) is 0 Å². The van der Waals surface area contributed by atoms with Crippen LogP contribution in [0.1, 0.15) is 30.4 Å². The van der Waals surface area contributed by atoms with Crippen molar-refractivity contribution >= 4 is 0 Å². The van der Waals surface area contributed by atoms with Crippen LogP contribution in [0.2, 0.25) is 0 Å². The van der Waals surface area contributed by atoms with Crippen LogP contribution in [-0.2, 0) is 7.05 Å². The molecule has 2 rings (SSSR count). The molecule has 2 heterocycles. The number of nitrogens with two attached hydrogens (primary N) is 1. The van der Waals surface area contributed by atoms with Crippen LogP contribution in [0.5, 0.6) is 0 Å². The van der Waals surface area contributed by atoms with E-state index in [2.05, 4.69) is 20.6 Å². The van der Waals surface area contributed by atoms with E-state index in [0.717, 1.165) is 24.6 Å². The fourth-order valence-electron chi connectivity index (χ4n) is 2.26. The van der Waals surface area contributed by atoms with Gasteiger partial charge in [-0.05, 0) is 32.9 Å². The Kier molecular flexibility index (Phi) is 3.07. The topological polar surface area (TPSA) is 47.1 Å². The van der Waals surface area contributed by atoms with Crippen LogP contribution < -0.4 is 5.73 Å². The molecule has 0 bridgehead atoms. The lowest BCUT2D eigenvalue weighted by molar-refractivity contribution is 0.247. The summed E-state index contributed by atoms with van der Waals surface area (Å²) in [6, 6.07) is 0.312. The van der Waals surface area contributed by atoms with E-state index in [9.17, 15) is 0 Å². The van der Waals surface area contributed by atoms with Gasteiger partial charge >= 0.3 is 0 Å². The Balaban J connectivity index is 2.18. The molecule has 1 aliphatic rings. The lowest BCUT2D eigenvalue weighted by Crippen LogP contribution is -2.31. The summed E-state index contributed by atoms with van der Waals surface area (Å²) in [4.78, 5) is 7.01. The molecule has 0 saturated carbocycles. The Morgan fingerprint density at radius 3 is 2.60 bits per heavy atom. The second-order valence-corrected chi connectivity index (χ2v) is 4.32. The lowest BCUT2D eigenvalue weighted by Gasteiger charge is -2.24. The van der Waals surface area contributed by atoms with Crippen LogP contribution in [0, 0.1) is 6.92 Å². The number of aryl methyl sites for hydroxylation is 2. The Hall–Kier alpha value is -0.870. The van der Waals surface area contributed by atoms with Gasteiger partial charge in [-0.1, -0.05) is 0 Å². The van der Waals surface area contributed by atoms with E-state index in [1.807, 2.05) is 14.0 Å². The van der Waals surface area contributed by atoms with E-state index >= 15 is 0 Å². The van der Waals surface area contributed by atoms with Gasteiger partial charge in [0.05, 0.1) is 11.7 Å². The summed E-state index contributed by atoms with van der Waals surface area (Å²) in [5.74, 6) is 1.06. The highest BCUT2D eigenvalue weighted by atomic mass is 15.2. The third kappa shape index (κ3) is 2.06. The summed E-state index contributed by atoms with van der Waals surface area (Å²) in [6.07, 6.45) is 4.69. The fraction of sp³-hybridized carbons (Fsp3) is 0.727. The molecule has 1 aromatic rings. The molecule has 1 unspecified atom stereocenters. The van der Waals surface area contributed by atoms with Crippen LogP contribution in [0.25, 0.3) is 0 Å². The molecule has 0 radical (unpaired) electrons. The maximum absolute atomic E-state index is 5.85. The fourth-order valence-corrected chi connectivity index (χ4v) is 2.26. The van der Waals surface area contributed by atoms with E-state index in [0.29, 0.717) is 12.6 Å². The van der Waals surface area contributed by atoms with Crippen molar-refractivity contribution in [2.45, 2.75) is 25.8 Å². The molecule has 0 spiro atoms. The van der Waals surface area contributed by atoms with Crippen LogP contribution >= 0.6 is 0 Å². The summed E-state index contributed by atoms with van der Waals surface area (Å²) >= 11 is 0. The molecule has 1 aromatic heterocycles. The molecule has 1 saturated heterocycles. The van der Waals surface area contributed by atoms with Gasteiger partial charge in [0.15, 0.2) is 0 Å². The quantitative estimate of drug-likeness (QED) is 0.800. The van der Waals surface area contributed by atoms with Crippen molar-refractivity contribution in [1.82, 2.24) is 14.5 Å². The van der Waals surface area contributed by atoms with Crippen LogP contribution in [0.3, 0.4) is 0 Å². The van der Waals surface area contributed by atoms with E-state index in [-0.39, 0.29) is 0 Å². The Morgan fingerprint density at radius 2 is 2.13 bits per heavy atom. The average molecular weight is 208 g/mol. The largest absolute Gasteiger partial charge is 0.338 e. The zero-order valence-corrected chi connectivity index (χ0v) is 9.61. The summed E-state index contributed by atoms with van der Waals surface area (Å²) in [5, 5.41) is 0. The number of aromatic nitrogens is 2. The summed E-state index contributed by atoms with van der Waals surface area (Å²) in [5.41, 5.74) is 6.98. The number of rotatable bonds is 3. The highest BCUT2D eigenvalue weighted by Gasteiger charge is 2.24. The third-order valence-electron chi connectivity index (χ3n) is 3.27. The molecule has 1 aliphatic heterocycles. The molecule has 1 atom stereocenters. The highest BCUT2D eigenvalue weighted by Crippen LogP contribution is 2.23. The first-order valence-corrected chi connectivity index (χ1v) is 5.66. The van der Waals surface area contributed by atoms with Crippen molar-refractivity contribution in [3.05, 3.63) is 17.7 Å². The molecule has 4 nitrogen and oxygen atoms in total. The third-order valence-corrected chi connectivity index (χ3v) is 3.27. The molecule has 15 heavy (non-hydrogen) atoms. The maximum Gasteiger partial charge on any atom is 0.105 e. The number of nitrogens with zero attached hydrogens (tertiary/aromatic N) is 3. The zero-order valence-electron chi connectivity index (χ0n) is 9.61. The second-order valence-electron chi connectivity index (χ2n) is 4.32. The molecule has 4 heteroatoms. The van der Waals surface area contributed by atoms with Gasteiger partial charge in [-0.15, -0.1) is 0 Å². The predicted molar refractivity (Wildman–Crippen MR) is 60.5 cm³/mol. The van der Waals surface area contributed by atoms with Crippen molar-refractivity contribution in [3.8, 4) is 0 Å². The second kappa shape index (κ2) is 4.33. The van der Waals surface area contributed by atoms with E-state index in [1.54, 1.807) is 0 Å². The van der Waals surface area contributed by atoms with Gasteiger partial charge in [0.1, 0.15) is 5.82 Å². The monoisotopic (exact) mass is 208 g/mol.